The average Bonchev–Trinajstić information content (AvgIpc) is 3.20. The van der Waals surface area contributed by atoms with Crippen LogP contribution in [-0.2, 0) is 13.0 Å². The Kier molecular flexibility index (Phi) is 3.21. The Morgan fingerprint density at radius 2 is 2.24 bits per heavy atom. The summed E-state index contributed by atoms with van der Waals surface area (Å²) in [4.78, 5) is 27.0. The predicted molar refractivity (Wildman–Crippen MR) is 99.8 cm³/mol. The van der Waals surface area contributed by atoms with Crippen LogP contribution in [0.15, 0.2) is 27.6 Å². The number of nitrogens with one attached hydrogen (secondary N) is 3. The predicted octanol–water partition coefficient (Wildman–Crippen LogP) is 2.03. The summed E-state index contributed by atoms with van der Waals surface area (Å²) in [5.74, 6) is 1.16. The highest BCUT2D eigenvalue weighted by atomic mass is 32.1. The van der Waals surface area contributed by atoms with Crippen LogP contribution < -0.4 is 10.5 Å². The lowest BCUT2D eigenvalue weighted by atomic mass is 10.0. The zero-order valence-electron chi connectivity index (χ0n) is 13.4. The number of aromatic amines is 2. The monoisotopic (exact) mass is 371 g/mol. The van der Waals surface area contributed by atoms with E-state index in [9.17, 15) is 4.79 Å². The Labute approximate surface area is 151 Å². The Hall–Kier alpha value is -2.29. The minimum Gasteiger partial charge on any atom is -0.461 e. The van der Waals surface area contributed by atoms with E-state index in [1.54, 1.807) is 23.7 Å². The fraction of sp³-hybridized carbons (Fsp3) is 0.235. The molecule has 25 heavy (non-hydrogen) atoms. The van der Waals surface area contributed by atoms with Gasteiger partial charge in [0.15, 0.2) is 11.6 Å². The molecule has 4 aromatic heterocycles. The number of H-pyrrole nitrogens is 2. The number of fused-ring (bicyclic) bond motifs is 5. The Morgan fingerprint density at radius 3 is 3.04 bits per heavy atom. The fourth-order valence-corrected chi connectivity index (χ4v) is 5.19. The first-order chi connectivity index (χ1) is 12.1. The molecule has 3 N–H and O–H groups in total. The van der Waals surface area contributed by atoms with Crippen molar-refractivity contribution in [2.45, 2.75) is 13.0 Å². The maximum atomic E-state index is 12.6. The van der Waals surface area contributed by atoms with Gasteiger partial charge in [0.25, 0.3) is 5.56 Å². The number of thiophene rings is 1. The minimum absolute atomic E-state index is 0.193. The fourth-order valence-electron chi connectivity index (χ4n) is 3.54. The van der Waals surface area contributed by atoms with Crippen molar-refractivity contribution < 1.29 is 9.32 Å². The molecule has 1 atom stereocenters. The van der Waals surface area contributed by atoms with Crippen LogP contribution in [0.2, 0.25) is 0 Å². The number of hydrogen-bond donors (Lipinski definition) is 3. The Balaban J connectivity index is 1.93. The van der Waals surface area contributed by atoms with E-state index < -0.39 is 0 Å². The highest BCUT2D eigenvalue weighted by Crippen LogP contribution is 2.34. The van der Waals surface area contributed by atoms with E-state index >= 15 is 0 Å². The van der Waals surface area contributed by atoms with Crippen LogP contribution in [-0.4, -0.2) is 28.5 Å². The van der Waals surface area contributed by atoms with Crippen molar-refractivity contribution in [3.63, 3.8) is 0 Å². The largest absolute Gasteiger partial charge is 0.461 e. The summed E-state index contributed by atoms with van der Waals surface area (Å²) in [5, 5.41) is 1.52. The summed E-state index contributed by atoms with van der Waals surface area (Å²) in [5.41, 5.74) is 1.89. The standard InChI is InChI=1S/C17H14N4O2S2/c1-21-5-4-8-10(7-21)25-17-11(8)13-12(15(22)20-17)16(24)19-14(18-13)9-3-2-6-23-9/h2-3,6H,4-5,7H2,1H3,(H,20,22)(H,18,19,24)/p+1. The number of nitrogens with zero attached hydrogens (tertiary/aromatic N) is 1. The molecule has 0 aliphatic carbocycles. The van der Waals surface area contributed by atoms with Crippen molar-refractivity contribution in [2.24, 2.45) is 0 Å². The maximum absolute atomic E-state index is 12.6. The van der Waals surface area contributed by atoms with E-state index in [2.05, 4.69) is 22.0 Å². The molecule has 0 spiro atoms. The smallest absolute Gasteiger partial charge is 0.261 e. The summed E-state index contributed by atoms with van der Waals surface area (Å²) in [6.07, 6.45) is 2.58. The molecule has 6 nitrogen and oxygen atoms in total. The number of hydrogen-bond acceptors (Lipinski definition) is 5. The van der Waals surface area contributed by atoms with Gasteiger partial charge in [0, 0.05) is 11.8 Å². The van der Waals surface area contributed by atoms with Crippen molar-refractivity contribution in [1.29, 1.82) is 0 Å². The number of rotatable bonds is 1. The average molecular weight is 371 g/mol. The van der Waals surface area contributed by atoms with Gasteiger partial charge in [-0.1, -0.05) is 12.2 Å². The molecule has 0 saturated carbocycles. The van der Waals surface area contributed by atoms with E-state index in [1.165, 1.54) is 15.3 Å². The number of quaternary nitrogens is 1. The third kappa shape index (κ3) is 2.21. The topological polar surface area (TPSA) is 79.1 Å². The number of likely N-dealkylation sites (N-methyl/N-ethyl adjacent to an activating group) is 1. The molecule has 0 fully saturated rings. The van der Waals surface area contributed by atoms with Crippen LogP contribution in [0.5, 0.6) is 0 Å². The summed E-state index contributed by atoms with van der Waals surface area (Å²) in [7, 11) is 2.20. The molecule has 1 aliphatic rings. The SMILES string of the molecule is C[NH+]1CCc2c(sc3[nH]c(=O)c4c(=S)nc(-c5ccco5)[nH]c4c23)C1. The molecule has 126 valence electrons. The van der Waals surface area contributed by atoms with Crippen LogP contribution in [0.3, 0.4) is 0 Å². The van der Waals surface area contributed by atoms with Gasteiger partial charge < -0.3 is 19.3 Å². The quantitative estimate of drug-likeness (QED) is 0.447. The van der Waals surface area contributed by atoms with Crippen molar-refractivity contribution >= 4 is 44.7 Å². The Morgan fingerprint density at radius 1 is 1.36 bits per heavy atom. The van der Waals surface area contributed by atoms with Gasteiger partial charge in [-0.15, -0.1) is 11.3 Å². The molecule has 0 saturated heterocycles. The van der Waals surface area contributed by atoms with E-state index in [1.807, 2.05) is 6.07 Å². The summed E-state index contributed by atoms with van der Waals surface area (Å²) in [6, 6.07) is 3.63. The lowest BCUT2D eigenvalue weighted by Gasteiger charge is -2.19. The van der Waals surface area contributed by atoms with Crippen molar-refractivity contribution in [2.75, 3.05) is 13.6 Å². The zero-order chi connectivity index (χ0) is 17.1. The first-order valence-electron chi connectivity index (χ1n) is 8.07. The molecule has 8 heteroatoms. The van der Waals surface area contributed by atoms with Crippen LogP contribution in [0.1, 0.15) is 10.4 Å². The van der Waals surface area contributed by atoms with Gasteiger partial charge in [0.05, 0.1) is 30.2 Å². The van der Waals surface area contributed by atoms with Gasteiger partial charge in [0.2, 0.25) is 0 Å². The van der Waals surface area contributed by atoms with E-state index in [-0.39, 0.29) is 5.56 Å². The van der Waals surface area contributed by atoms with Crippen LogP contribution >= 0.6 is 23.6 Å². The third-order valence-electron chi connectivity index (χ3n) is 4.73. The molecule has 5 heterocycles. The lowest BCUT2D eigenvalue weighted by Crippen LogP contribution is -3.08. The summed E-state index contributed by atoms with van der Waals surface area (Å²) < 4.78 is 5.74. The number of furan rings is 1. The first kappa shape index (κ1) is 15.0. The normalized spacial score (nSPS) is 17.2. The minimum atomic E-state index is -0.193. The molecule has 0 radical (unpaired) electrons. The number of aromatic nitrogens is 3. The summed E-state index contributed by atoms with van der Waals surface area (Å²) in [6.45, 7) is 2.06. The van der Waals surface area contributed by atoms with Gasteiger partial charge in [-0.2, -0.15) is 0 Å². The van der Waals surface area contributed by atoms with Crippen LogP contribution in [0, 0.1) is 4.64 Å². The van der Waals surface area contributed by atoms with Crippen molar-refractivity contribution in [3.05, 3.63) is 43.8 Å². The molecule has 1 unspecified atom stereocenters. The second-order valence-electron chi connectivity index (χ2n) is 6.41. The lowest BCUT2D eigenvalue weighted by molar-refractivity contribution is -0.895. The van der Waals surface area contributed by atoms with Gasteiger partial charge in [-0.05, 0) is 17.7 Å². The van der Waals surface area contributed by atoms with Crippen molar-refractivity contribution in [3.8, 4) is 11.6 Å². The molecular formula is C17H15N4O2S2+. The highest BCUT2D eigenvalue weighted by Gasteiger charge is 2.24. The molecule has 0 amide bonds. The summed E-state index contributed by atoms with van der Waals surface area (Å²) >= 11 is 7.09. The van der Waals surface area contributed by atoms with Gasteiger partial charge >= 0.3 is 0 Å². The molecule has 5 rings (SSSR count). The first-order valence-corrected chi connectivity index (χ1v) is 9.30. The molecule has 1 aliphatic heterocycles. The van der Waals surface area contributed by atoms with Crippen LogP contribution in [0.25, 0.3) is 32.7 Å². The molecule has 4 aromatic rings. The van der Waals surface area contributed by atoms with Crippen LogP contribution in [0.4, 0.5) is 0 Å². The van der Waals surface area contributed by atoms with E-state index in [0.717, 1.165) is 35.2 Å². The second kappa shape index (κ2) is 5.35. The molecule has 0 bridgehead atoms. The third-order valence-corrected chi connectivity index (χ3v) is 6.18. The van der Waals surface area contributed by atoms with E-state index in [0.29, 0.717) is 21.6 Å². The highest BCUT2D eigenvalue weighted by molar-refractivity contribution is 7.71. The maximum Gasteiger partial charge on any atom is 0.261 e. The van der Waals surface area contributed by atoms with E-state index in [4.69, 9.17) is 16.6 Å². The van der Waals surface area contributed by atoms with Crippen molar-refractivity contribution in [1.82, 2.24) is 15.0 Å². The van der Waals surface area contributed by atoms with Gasteiger partial charge in [-0.25, -0.2) is 4.98 Å². The van der Waals surface area contributed by atoms with Gasteiger partial charge in [-0.3, -0.25) is 4.79 Å². The Bertz CT molecular complexity index is 1230. The molecular weight excluding hydrogens is 356 g/mol. The zero-order valence-corrected chi connectivity index (χ0v) is 15.1. The second-order valence-corrected chi connectivity index (χ2v) is 7.91. The van der Waals surface area contributed by atoms with Gasteiger partial charge in [0.1, 0.15) is 21.4 Å². The number of pyridine rings is 1. The molecule has 0 aromatic carbocycles.